The van der Waals surface area contributed by atoms with E-state index in [2.05, 4.69) is 5.32 Å². The molecule has 3 N–H and O–H groups in total. The lowest BCUT2D eigenvalue weighted by molar-refractivity contribution is -0.139. The minimum atomic E-state index is -0.585. The molecule has 0 radical (unpaired) electrons. The van der Waals surface area contributed by atoms with Crippen molar-refractivity contribution in [2.24, 2.45) is 5.73 Å². The van der Waals surface area contributed by atoms with Crippen LogP contribution in [0.5, 0.6) is 0 Å². The van der Waals surface area contributed by atoms with Gasteiger partial charge in [0, 0.05) is 13.1 Å². The fourth-order valence-corrected chi connectivity index (χ4v) is 2.02. The number of amides is 2. The van der Waals surface area contributed by atoms with Crippen LogP contribution in [0.4, 0.5) is 0 Å². The third-order valence-electron chi connectivity index (χ3n) is 2.97. The highest BCUT2D eigenvalue weighted by molar-refractivity contribution is 5.88. The lowest BCUT2D eigenvalue weighted by Gasteiger charge is -2.28. The summed E-state index contributed by atoms with van der Waals surface area (Å²) in [5.41, 5.74) is 6.93. The second-order valence-electron chi connectivity index (χ2n) is 4.41. The van der Waals surface area contributed by atoms with Gasteiger partial charge in [-0.1, -0.05) is 30.3 Å². The fourth-order valence-electron chi connectivity index (χ4n) is 2.02. The van der Waals surface area contributed by atoms with E-state index in [4.69, 9.17) is 5.73 Å². The number of nitrogens with zero attached hydrogens (tertiary/aromatic N) is 1. The highest BCUT2D eigenvalue weighted by Crippen LogP contribution is 2.05. The summed E-state index contributed by atoms with van der Waals surface area (Å²) in [5, 5.41) is 2.68. The molecule has 1 atom stereocenters. The predicted molar refractivity (Wildman–Crippen MR) is 67.7 cm³/mol. The van der Waals surface area contributed by atoms with Crippen LogP contribution in [0.3, 0.4) is 0 Å². The largest absolute Gasteiger partial charge is 0.353 e. The molecule has 0 bridgehead atoms. The molecule has 1 fully saturated rings. The van der Waals surface area contributed by atoms with Gasteiger partial charge in [-0.25, -0.2) is 0 Å². The van der Waals surface area contributed by atoms with Crippen molar-refractivity contribution in [3.8, 4) is 0 Å². The van der Waals surface area contributed by atoms with Crippen LogP contribution >= 0.6 is 0 Å². The molecule has 2 amide bonds. The molecule has 96 valence electrons. The first-order valence-electron chi connectivity index (χ1n) is 6.02. The second kappa shape index (κ2) is 5.64. The molecule has 1 heterocycles. The molecule has 2 rings (SSSR count). The zero-order valence-electron chi connectivity index (χ0n) is 10.1. The van der Waals surface area contributed by atoms with Gasteiger partial charge in [0.15, 0.2) is 0 Å². The molecular weight excluding hydrogens is 230 g/mol. The van der Waals surface area contributed by atoms with E-state index in [1.165, 1.54) is 4.90 Å². The van der Waals surface area contributed by atoms with Crippen LogP contribution in [0.25, 0.3) is 0 Å². The predicted octanol–water partition coefficient (Wildman–Crippen LogP) is -0.485. The lowest BCUT2D eigenvalue weighted by Crippen LogP contribution is -2.54. The summed E-state index contributed by atoms with van der Waals surface area (Å²) in [5.74, 6) is -0.282. The summed E-state index contributed by atoms with van der Waals surface area (Å²) in [6.45, 7) is 1.15. The van der Waals surface area contributed by atoms with Crippen LogP contribution in [0.15, 0.2) is 30.3 Å². The molecule has 1 saturated heterocycles. The average Bonchev–Trinajstić information content (AvgIpc) is 2.39. The van der Waals surface area contributed by atoms with Gasteiger partial charge in [-0.05, 0) is 12.0 Å². The Labute approximate surface area is 106 Å². The Kier molecular flexibility index (Phi) is 3.94. The topological polar surface area (TPSA) is 75.4 Å². The molecule has 1 unspecified atom stereocenters. The van der Waals surface area contributed by atoms with Gasteiger partial charge in [0.1, 0.15) is 0 Å². The number of rotatable bonds is 3. The molecule has 0 aromatic heterocycles. The van der Waals surface area contributed by atoms with E-state index in [0.717, 1.165) is 5.56 Å². The van der Waals surface area contributed by atoms with Crippen molar-refractivity contribution in [2.45, 2.75) is 12.5 Å². The summed E-state index contributed by atoms with van der Waals surface area (Å²) < 4.78 is 0. The number of hydrogen-bond acceptors (Lipinski definition) is 3. The van der Waals surface area contributed by atoms with Crippen LogP contribution in [-0.2, 0) is 16.0 Å². The number of nitrogens with one attached hydrogen (secondary N) is 1. The fraction of sp³-hybridized carbons (Fsp3) is 0.385. The maximum absolute atomic E-state index is 12.1. The van der Waals surface area contributed by atoms with E-state index in [1.807, 2.05) is 30.3 Å². The van der Waals surface area contributed by atoms with Crippen molar-refractivity contribution in [1.29, 1.82) is 0 Å². The molecule has 0 saturated carbocycles. The van der Waals surface area contributed by atoms with E-state index in [9.17, 15) is 9.59 Å². The van der Waals surface area contributed by atoms with Crippen molar-refractivity contribution >= 4 is 11.8 Å². The molecule has 1 aromatic rings. The van der Waals surface area contributed by atoms with Crippen LogP contribution in [-0.4, -0.2) is 42.4 Å². The van der Waals surface area contributed by atoms with Gasteiger partial charge in [-0.15, -0.1) is 0 Å². The van der Waals surface area contributed by atoms with Gasteiger partial charge in [-0.3, -0.25) is 9.59 Å². The average molecular weight is 247 g/mol. The van der Waals surface area contributed by atoms with Crippen molar-refractivity contribution in [1.82, 2.24) is 10.2 Å². The highest BCUT2D eigenvalue weighted by atomic mass is 16.2. The first kappa shape index (κ1) is 12.6. The smallest absolute Gasteiger partial charge is 0.240 e. The maximum atomic E-state index is 12.1. The van der Waals surface area contributed by atoms with Crippen LogP contribution in [0.1, 0.15) is 5.56 Å². The van der Waals surface area contributed by atoms with Crippen LogP contribution < -0.4 is 11.1 Å². The van der Waals surface area contributed by atoms with E-state index in [0.29, 0.717) is 19.5 Å². The first-order chi connectivity index (χ1) is 8.66. The van der Waals surface area contributed by atoms with Gasteiger partial charge >= 0.3 is 0 Å². The Morgan fingerprint density at radius 3 is 2.78 bits per heavy atom. The molecule has 5 heteroatoms. The molecular formula is C13H17N3O2. The Morgan fingerprint density at radius 2 is 2.11 bits per heavy atom. The van der Waals surface area contributed by atoms with E-state index in [1.54, 1.807) is 0 Å². The number of nitrogens with two attached hydrogens (primary N) is 1. The Bertz CT molecular complexity index is 433. The summed E-state index contributed by atoms with van der Waals surface area (Å²) in [7, 11) is 0. The Hall–Kier alpha value is -1.88. The first-order valence-corrected chi connectivity index (χ1v) is 6.02. The molecule has 1 aliphatic rings. The normalized spacial score (nSPS) is 17.2. The minimum absolute atomic E-state index is 0.112. The summed E-state index contributed by atoms with van der Waals surface area (Å²) in [6.07, 6.45) is 0.498. The van der Waals surface area contributed by atoms with E-state index in [-0.39, 0.29) is 18.4 Å². The zero-order chi connectivity index (χ0) is 13.0. The van der Waals surface area contributed by atoms with Crippen molar-refractivity contribution < 1.29 is 9.59 Å². The summed E-state index contributed by atoms with van der Waals surface area (Å²) in [4.78, 5) is 24.8. The molecule has 0 spiro atoms. The molecule has 18 heavy (non-hydrogen) atoms. The van der Waals surface area contributed by atoms with Gasteiger partial charge in [0.05, 0.1) is 12.6 Å². The van der Waals surface area contributed by atoms with E-state index < -0.39 is 6.04 Å². The second-order valence-corrected chi connectivity index (χ2v) is 4.41. The maximum Gasteiger partial charge on any atom is 0.240 e. The van der Waals surface area contributed by atoms with Crippen molar-refractivity contribution in [3.63, 3.8) is 0 Å². The standard InChI is InChI=1S/C13H17N3O2/c14-11(8-10-4-2-1-3-5-10)13(18)16-7-6-15-12(17)9-16/h1-5,11H,6-9,14H2,(H,15,17). The number of carbonyl (C=O) groups is 2. The molecule has 1 aromatic carbocycles. The number of benzene rings is 1. The van der Waals surface area contributed by atoms with Gasteiger partial charge in [-0.2, -0.15) is 0 Å². The van der Waals surface area contributed by atoms with E-state index >= 15 is 0 Å². The lowest BCUT2D eigenvalue weighted by atomic mass is 10.1. The third kappa shape index (κ3) is 3.07. The highest BCUT2D eigenvalue weighted by Gasteiger charge is 2.25. The number of hydrogen-bond donors (Lipinski definition) is 2. The summed E-state index contributed by atoms with van der Waals surface area (Å²) in [6, 6.07) is 9.05. The summed E-state index contributed by atoms with van der Waals surface area (Å²) >= 11 is 0. The Morgan fingerprint density at radius 1 is 1.39 bits per heavy atom. The van der Waals surface area contributed by atoms with Gasteiger partial charge in [0.2, 0.25) is 11.8 Å². The number of carbonyl (C=O) groups excluding carboxylic acids is 2. The molecule has 5 nitrogen and oxygen atoms in total. The van der Waals surface area contributed by atoms with Gasteiger partial charge in [0.25, 0.3) is 0 Å². The van der Waals surface area contributed by atoms with Crippen molar-refractivity contribution in [2.75, 3.05) is 19.6 Å². The zero-order valence-corrected chi connectivity index (χ0v) is 10.1. The minimum Gasteiger partial charge on any atom is -0.353 e. The molecule has 1 aliphatic heterocycles. The SMILES string of the molecule is NC(Cc1ccccc1)C(=O)N1CCNC(=O)C1. The van der Waals surface area contributed by atoms with Gasteiger partial charge < -0.3 is 16.0 Å². The van der Waals surface area contributed by atoms with Crippen LogP contribution in [0, 0.1) is 0 Å². The third-order valence-corrected chi connectivity index (χ3v) is 2.97. The number of piperazine rings is 1. The van der Waals surface area contributed by atoms with Crippen LogP contribution in [0.2, 0.25) is 0 Å². The quantitative estimate of drug-likeness (QED) is 0.757. The van der Waals surface area contributed by atoms with Crippen molar-refractivity contribution in [3.05, 3.63) is 35.9 Å². The molecule has 0 aliphatic carbocycles. The Balaban J connectivity index is 1.94. The monoisotopic (exact) mass is 247 g/mol.